The molecular weight excluding hydrogens is 232 g/mol. The molecule has 0 fully saturated rings. The van der Waals surface area contributed by atoms with E-state index in [1.165, 1.54) is 5.57 Å². The second-order valence-electron chi connectivity index (χ2n) is 4.61. The van der Waals surface area contributed by atoms with Crippen LogP contribution in [0.15, 0.2) is 11.6 Å². The maximum Gasteiger partial charge on any atom is 0.417 e. The molecule has 0 spiro atoms. The van der Waals surface area contributed by atoms with Crippen LogP contribution in [-0.2, 0) is 19.1 Å². The smallest absolute Gasteiger partial charge is 0.417 e. The van der Waals surface area contributed by atoms with E-state index < -0.39 is 11.9 Å². The van der Waals surface area contributed by atoms with Gasteiger partial charge in [-0.3, -0.25) is 0 Å². The molecular formula is C14H24O4. The Labute approximate surface area is 109 Å². The van der Waals surface area contributed by atoms with E-state index in [0.717, 1.165) is 19.3 Å². The first-order valence-electron chi connectivity index (χ1n) is 6.44. The van der Waals surface area contributed by atoms with Gasteiger partial charge in [0.25, 0.3) is 0 Å². The van der Waals surface area contributed by atoms with Gasteiger partial charge in [-0.25, -0.2) is 9.59 Å². The Kier molecular flexibility index (Phi) is 8.97. The zero-order valence-electron chi connectivity index (χ0n) is 11.8. The van der Waals surface area contributed by atoms with Crippen LogP contribution in [0.25, 0.3) is 0 Å². The van der Waals surface area contributed by atoms with Crippen molar-refractivity contribution < 1.29 is 19.1 Å². The molecule has 104 valence electrons. The van der Waals surface area contributed by atoms with Crippen LogP contribution in [0.5, 0.6) is 0 Å². The third-order valence-corrected chi connectivity index (χ3v) is 2.50. The Morgan fingerprint density at radius 1 is 1.11 bits per heavy atom. The van der Waals surface area contributed by atoms with Gasteiger partial charge in [0, 0.05) is 0 Å². The molecule has 1 atom stereocenters. The van der Waals surface area contributed by atoms with Crippen molar-refractivity contribution in [3.63, 3.8) is 0 Å². The third-order valence-electron chi connectivity index (χ3n) is 2.50. The van der Waals surface area contributed by atoms with Gasteiger partial charge >= 0.3 is 11.9 Å². The molecule has 0 radical (unpaired) electrons. The average molecular weight is 256 g/mol. The normalized spacial score (nSPS) is 11.6. The van der Waals surface area contributed by atoms with Crippen molar-refractivity contribution in [1.29, 1.82) is 0 Å². The first kappa shape index (κ1) is 16.7. The van der Waals surface area contributed by atoms with Crippen molar-refractivity contribution in [2.45, 2.75) is 47.0 Å². The van der Waals surface area contributed by atoms with Gasteiger partial charge in [-0.1, -0.05) is 18.6 Å². The second-order valence-corrected chi connectivity index (χ2v) is 4.61. The lowest BCUT2D eigenvalue weighted by atomic mass is 10.0. The Morgan fingerprint density at radius 2 is 1.72 bits per heavy atom. The van der Waals surface area contributed by atoms with Crippen molar-refractivity contribution in [3.8, 4) is 0 Å². The molecule has 0 saturated heterocycles. The van der Waals surface area contributed by atoms with Crippen LogP contribution >= 0.6 is 0 Å². The molecule has 4 heteroatoms. The number of esters is 2. The summed E-state index contributed by atoms with van der Waals surface area (Å²) in [4.78, 5) is 22.1. The number of hydrogen-bond acceptors (Lipinski definition) is 4. The maximum absolute atomic E-state index is 11.1. The summed E-state index contributed by atoms with van der Waals surface area (Å²) in [5, 5.41) is 0. The minimum Gasteiger partial charge on any atom is -0.458 e. The van der Waals surface area contributed by atoms with E-state index in [1.807, 2.05) is 0 Å². The minimum absolute atomic E-state index is 0.188. The predicted octanol–water partition coefficient (Wildman–Crippen LogP) is 2.87. The lowest BCUT2D eigenvalue weighted by Crippen LogP contribution is -2.21. The maximum atomic E-state index is 11.1. The number of allylic oxidation sites excluding steroid dienone is 2. The summed E-state index contributed by atoms with van der Waals surface area (Å²) in [5.41, 5.74) is 1.32. The Morgan fingerprint density at radius 3 is 2.28 bits per heavy atom. The van der Waals surface area contributed by atoms with Crippen LogP contribution in [0.3, 0.4) is 0 Å². The monoisotopic (exact) mass is 256 g/mol. The lowest BCUT2D eigenvalue weighted by molar-refractivity contribution is -0.167. The number of carbonyl (C=O) groups is 2. The van der Waals surface area contributed by atoms with Crippen molar-refractivity contribution in [2.24, 2.45) is 5.92 Å². The van der Waals surface area contributed by atoms with Crippen LogP contribution in [0.2, 0.25) is 0 Å². The molecule has 0 rings (SSSR count). The predicted molar refractivity (Wildman–Crippen MR) is 70.0 cm³/mol. The zero-order chi connectivity index (χ0) is 14.0. The molecule has 0 amide bonds. The fraction of sp³-hybridized carbons (Fsp3) is 0.714. The van der Waals surface area contributed by atoms with Gasteiger partial charge in [-0.05, 0) is 46.0 Å². The molecule has 0 N–H and O–H groups in total. The topological polar surface area (TPSA) is 52.6 Å². The van der Waals surface area contributed by atoms with E-state index in [1.54, 1.807) is 6.92 Å². The molecule has 0 aromatic rings. The summed E-state index contributed by atoms with van der Waals surface area (Å²) in [6.45, 7) is 8.37. The first-order chi connectivity index (χ1) is 8.47. The summed E-state index contributed by atoms with van der Waals surface area (Å²) in [5.74, 6) is -1.33. The molecule has 0 bridgehead atoms. The molecule has 0 aromatic heterocycles. The molecule has 18 heavy (non-hydrogen) atoms. The molecule has 4 nitrogen and oxygen atoms in total. The largest absolute Gasteiger partial charge is 0.458 e. The third kappa shape index (κ3) is 8.79. The fourth-order valence-electron chi connectivity index (χ4n) is 1.40. The summed E-state index contributed by atoms with van der Waals surface area (Å²) >= 11 is 0. The van der Waals surface area contributed by atoms with Crippen molar-refractivity contribution in [3.05, 3.63) is 11.6 Å². The summed E-state index contributed by atoms with van der Waals surface area (Å²) < 4.78 is 9.36. The van der Waals surface area contributed by atoms with Gasteiger partial charge in [-0.2, -0.15) is 0 Å². The Hall–Kier alpha value is -1.32. The standard InChI is InChI=1S/C14H24O4/c1-5-17-13(15)14(16)18-10-9-12(4)8-6-7-11(2)3/h7,12H,5-6,8-10H2,1-4H3/t12-/m1/s1. The molecule has 0 saturated carbocycles. The number of carbonyl (C=O) groups excluding carboxylic acids is 2. The molecule has 0 aromatic carbocycles. The summed E-state index contributed by atoms with van der Waals surface area (Å²) in [6.07, 6.45) is 5.06. The number of rotatable bonds is 7. The van der Waals surface area contributed by atoms with Crippen LogP contribution in [0.4, 0.5) is 0 Å². The fourth-order valence-corrected chi connectivity index (χ4v) is 1.40. The van der Waals surface area contributed by atoms with E-state index in [9.17, 15) is 9.59 Å². The van der Waals surface area contributed by atoms with Crippen molar-refractivity contribution >= 4 is 11.9 Å². The zero-order valence-corrected chi connectivity index (χ0v) is 11.8. The Balaban J connectivity index is 3.67. The highest BCUT2D eigenvalue weighted by Gasteiger charge is 2.16. The van der Waals surface area contributed by atoms with E-state index in [-0.39, 0.29) is 13.2 Å². The first-order valence-corrected chi connectivity index (χ1v) is 6.44. The quantitative estimate of drug-likeness (QED) is 0.399. The molecule has 0 aliphatic rings. The molecule has 0 aliphatic carbocycles. The van der Waals surface area contributed by atoms with E-state index in [0.29, 0.717) is 5.92 Å². The van der Waals surface area contributed by atoms with E-state index >= 15 is 0 Å². The minimum atomic E-state index is -0.908. The number of hydrogen-bond donors (Lipinski definition) is 0. The molecule has 0 aliphatic heterocycles. The SMILES string of the molecule is CCOC(=O)C(=O)OCC[C@H](C)CCC=C(C)C. The van der Waals surface area contributed by atoms with Crippen LogP contribution in [0.1, 0.15) is 47.0 Å². The van der Waals surface area contributed by atoms with Crippen LogP contribution in [-0.4, -0.2) is 25.2 Å². The highest BCUT2D eigenvalue weighted by molar-refractivity contribution is 6.29. The van der Waals surface area contributed by atoms with Gasteiger partial charge in [-0.15, -0.1) is 0 Å². The van der Waals surface area contributed by atoms with Crippen molar-refractivity contribution in [2.75, 3.05) is 13.2 Å². The van der Waals surface area contributed by atoms with Gasteiger partial charge in [0.05, 0.1) is 13.2 Å². The van der Waals surface area contributed by atoms with Crippen LogP contribution in [0, 0.1) is 5.92 Å². The average Bonchev–Trinajstić information content (AvgIpc) is 2.28. The Bertz CT molecular complexity index is 290. The molecule has 0 unspecified atom stereocenters. The van der Waals surface area contributed by atoms with Crippen molar-refractivity contribution in [1.82, 2.24) is 0 Å². The van der Waals surface area contributed by atoms with Gasteiger partial charge in [0.15, 0.2) is 0 Å². The van der Waals surface area contributed by atoms with E-state index in [2.05, 4.69) is 31.6 Å². The summed E-state index contributed by atoms with van der Waals surface area (Å²) in [7, 11) is 0. The molecule has 0 heterocycles. The number of ether oxygens (including phenoxy) is 2. The lowest BCUT2D eigenvalue weighted by Gasteiger charge is -2.10. The summed E-state index contributed by atoms with van der Waals surface area (Å²) in [6, 6.07) is 0. The van der Waals surface area contributed by atoms with Gasteiger partial charge in [0.2, 0.25) is 0 Å². The van der Waals surface area contributed by atoms with Gasteiger partial charge in [0.1, 0.15) is 0 Å². The highest BCUT2D eigenvalue weighted by Crippen LogP contribution is 2.11. The highest BCUT2D eigenvalue weighted by atomic mass is 16.6. The van der Waals surface area contributed by atoms with Gasteiger partial charge < -0.3 is 9.47 Å². The van der Waals surface area contributed by atoms with E-state index in [4.69, 9.17) is 4.74 Å². The van der Waals surface area contributed by atoms with Crippen LogP contribution < -0.4 is 0 Å². The second kappa shape index (κ2) is 9.68.